The van der Waals surface area contributed by atoms with E-state index >= 15 is 0 Å². The molecule has 0 bridgehead atoms. The number of benzene rings is 1. The molecule has 0 saturated heterocycles. The molecule has 0 aliphatic carbocycles. The van der Waals surface area contributed by atoms with E-state index in [-0.39, 0.29) is 17.2 Å². The lowest BCUT2D eigenvalue weighted by Gasteiger charge is -2.24. The minimum atomic E-state index is -5.60. The summed E-state index contributed by atoms with van der Waals surface area (Å²) >= 11 is 0. The van der Waals surface area contributed by atoms with E-state index in [0.717, 1.165) is 24.9 Å². The molecule has 7 nitrogen and oxygen atoms in total. The molecule has 0 radical (unpaired) electrons. The van der Waals surface area contributed by atoms with Gasteiger partial charge in [-0.25, -0.2) is 4.98 Å². The standard InChI is InChI=1S/C18H20F3N5O2S/c1-2-26-10-6-4-7-13-11-14(23-24-17-8-3-5-9-22-17)15(12-16(13)26)25-29(27,28)18(19,20)21/h3,5,8-9,11-12,25H,2,4,6-7,10H2,1H3. The van der Waals surface area contributed by atoms with Crippen molar-refractivity contribution in [3.8, 4) is 0 Å². The van der Waals surface area contributed by atoms with E-state index in [9.17, 15) is 21.6 Å². The fourth-order valence-electron chi connectivity index (χ4n) is 3.07. The predicted octanol–water partition coefficient (Wildman–Crippen LogP) is 4.92. The average molecular weight is 427 g/mol. The fourth-order valence-corrected chi connectivity index (χ4v) is 3.64. The molecule has 1 aliphatic rings. The average Bonchev–Trinajstić information content (AvgIpc) is 2.87. The molecule has 2 heterocycles. The molecule has 1 aromatic carbocycles. The van der Waals surface area contributed by atoms with Gasteiger partial charge >= 0.3 is 15.5 Å². The number of rotatable bonds is 5. The summed E-state index contributed by atoms with van der Waals surface area (Å²) in [4.78, 5) is 5.99. The molecular weight excluding hydrogens is 407 g/mol. The third-order valence-electron chi connectivity index (χ3n) is 4.50. The highest BCUT2D eigenvalue weighted by Crippen LogP contribution is 2.39. The summed E-state index contributed by atoms with van der Waals surface area (Å²) in [6.07, 6.45) is 4.05. The SMILES string of the molecule is CCN1CCCCc2cc(N=Nc3ccccn3)c(NS(=O)(=O)C(F)(F)F)cc21. The summed E-state index contributed by atoms with van der Waals surface area (Å²) in [5.41, 5.74) is -4.14. The number of sulfonamides is 1. The number of nitrogens with one attached hydrogen (secondary N) is 1. The Morgan fingerprint density at radius 3 is 2.66 bits per heavy atom. The lowest BCUT2D eigenvalue weighted by atomic mass is 10.1. The Morgan fingerprint density at radius 2 is 2.00 bits per heavy atom. The first-order valence-corrected chi connectivity index (χ1v) is 10.5. The first kappa shape index (κ1) is 21.0. The molecule has 0 unspecified atom stereocenters. The van der Waals surface area contributed by atoms with E-state index in [2.05, 4.69) is 15.2 Å². The first-order valence-electron chi connectivity index (χ1n) is 9.05. The topological polar surface area (TPSA) is 87.0 Å². The number of fused-ring (bicyclic) bond motifs is 1. The van der Waals surface area contributed by atoms with Crippen LogP contribution in [0.3, 0.4) is 0 Å². The second-order valence-corrected chi connectivity index (χ2v) is 8.15. The maximum atomic E-state index is 12.9. The van der Waals surface area contributed by atoms with Crippen molar-refractivity contribution in [3.63, 3.8) is 0 Å². The molecule has 0 spiro atoms. The number of anilines is 2. The monoisotopic (exact) mass is 427 g/mol. The first-order chi connectivity index (χ1) is 13.7. The van der Waals surface area contributed by atoms with Crippen molar-refractivity contribution >= 4 is 32.9 Å². The Hall–Kier alpha value is -2.69. The van der Waals surface area contributed by atoms with Gasteiger partial charge in [-0.15, -0.1) is 10.2 Å². The minimum absolute atomic E-state index is 0.000168. The van der Waals surface area contributed by atoms with E-state index in [1.807, 2.05) is 11.8 Å². The van der Waals surface area contributed by atoms with Crippen molar-refractivity contribution in [2.45, 2.75) is 31.7 Å². The van der Waals surface area contributed by atoms with E-state index < -0.39 is 15.5 Å². The number of hydrogen-bond donors (Lipinski definition) is 1. The predicted molar refractivity (Wildman–Crippen MR) is 104 cm³/mol. The third-order valence-corrected chi connectivity index (χ3v) is 5.60. The van der Waals surface area contributed by atoms with Crippen molar-refractivity contribution in [2.24, 2.45) is 10.2 Å². The fraction of sp³-hybridized carbons (Fsp3) is 0.389. The quantitative estimate of drug-likeness (QED) is 0.686. The molecule has 0 amide bonds. The summed E-state index contributed by atoms with van der Waals surface area (Å²) in [7, 11) is -5.60. The summed E-state index contributed by atoms with van der Waals surface area (Å²) in [5, 5.41) is 7.91. The summed E-state index contributed by atoms with van der Waals surface area (Å²) in [6, 6.07) is 7.93. The van der Waals surface area contributed by atoms with E-state index in [1.165, 1.54) is 12.3 Å². The maximum absolute atomic E-state index is 12.9. The Morgan fingerprint density at radius 1 is 1.21 bits per heavy atom. The second-order valence-electron chi connectivity index (χ2n) is 6.47. The van der Waals surface area contributed by atoms with Crippen LogP contribution < -0.4 is 9.62 Å². The maximum Gasteiger partial charge on any atom is 0.516 e. The van der Waals surface area contributed by atoms with Crippen molar-refractivity contribution < 1.29 is 21.6 Å². The van der Waals surface area contributed by atoms with Crippen LogP contribution >= 0.6 is 0 Å². The van der Waals surface area contributed by atoms with Crippen molar-refractivity contribution in [1.29, 1.82) is 0 Å². The van der Waals surface area contributed by atoms with Gasteiger partial charge < -0.3 is 4.90 Å². The Labute approximate surface area is 166 Å². The number of hydrogen-bond acceptors (Lipinski definition) is 6. The van der Waals surface area contributed by atoms with Crippen LogP contribution in [0, 0.1) is 0 Å². The Bertz CT molecular complexity index is 995. The van der Waals surface area contributed by atoms with Gasteiger partial charge in [-0.3, -0.25) is 4.72 Å². The summed E-state index contributed by atoms with van der Waals surface area (Å²) < 4.78 is 63.8. The Kier molecular flexibility index (Phi) is 6.06. The van der Waals surface area contributed by atoms with Crippen LogP contribution in [0.4, 0.5) is 36.1 Å². The van der Waals surface area contributed by atoms with Crippen molar-refractivity contribution in [1.82, 2.24) is 4.98 Å². The summed E-state index contributed by atoms with van der Waals surface area (Å²) in [5.74, 6) is 0.252. The normalized spacial score (nSPS) is 15.2. The highest BCUT2D eigenvalue weighted by molar-refractivity contribution is 7.93. The van der Waals surface area contributed by atoms with Gasteiger partial charge in [0.15, 0.2) is 5.82 Å². The van der Waals surface area contributed by atoms with E-state index in [1.54, 1.807) is 29.0 Å². The molecule has 29 heavy (non-hydrogen) atoms. The van der Waals surface area contributed by atoms with Crippen molar-refractivity contribution in [3.05, 3.63) is 42.1 Å². The molecule has 1 aromatic heterocycles. The van der Waals surface area contributed by atoms with E-state index in [4.69, 9.17) is 0 Å². The smallest absolute Gasteiger partial charge is 0.372 e. The lowest BCUT2D eigenvalue weighted by Crippen LogP contribution is -2.30. The van der Waals surface area contributed by atoms with Gasteiger partial charge in [0.05, 0.1) is 5.69 Å². The molecule has 11 heteroatoms. The number of alkyl halides is 3. The van der Waals surface area contributed by atoms with Crippen LogP contribution in [0.5, 0.6) is 0 Å². The van der Waals surface area contributed by atoms with Gasteiger partial charge in [0, 0.05) is 25.0 Å². The molecule has 0 saturated carbocycles. The van der Waals surface area contributed by atoms with Gasteiger partial charge in [0.25, 0.3) is 0 Å². The summed E-state index contributed by atoms with van der Waals surface area (Å²) in [6.45, 7) is 3.32. The zero-order valence-electron chi connectivity index (χ0n) is 15.6. The second kappa shape index (κ2) is 8.36. The van der Waals surface area contributed by atoms with Crippen LogP contribution in [-0.4, -0.2) is 32.0 Å². The minimum Gasteiger partial charge on any atom is -0.372 e. The zero-order chi connectivity index (χ0) is 21.1. The van der Waals surface area contributed by atoms with Gasteiger partial charge in [-0.05, 0) is 56.0 Å². The highest BCUT2D eigenvalue weighted by atomic mass is 32.2. The number of aromatic nitrogens is 1. The van der Waals surface area contributed by atoms with Gasteiger partial charge in [0.1, 0.15) is 5.69 Å². The van der Waals surface area contributed by atoms with Gasteiger partial charge in [-0.1, -0.05) is 6.07 Å². The van der Waals surface area contributed by atoms with Crippen LogP contribution in [0.2, 0.25) is 0 Å². The third kappa shape index (κ3) is 4.84. The number of nitrogens with zero attached hydrogens (tertiary/aromatic N) is 4. The van der Waals surface area contributed by atoms with Crippen LogP contribution in [-0.2, 0) is 16.4 Å². The number of pyridine rings is 1. The zero-order valence-corrected chi connectivity index (χ0v) is 16.5. The molecule has 156 valence electrons. The van der Waals surface area contributed by atoms with Gasteiger partial charge in [-0.2, -0.15) is 21.6 Å². The Balaban J connectivity index is 2.09. The molecule has 0 fully saturated rings. The number of halogens is 3. The van der Waals surface area contributed by atoms with Gasteiger partial charge in [0.2, 0.25) is 0 Å². The number of azo groups is 1. The molecule has 0 atom stereocenters. The molecule has 1 aliphatic heterocycles. The van der Waals surface area contributed by atoms with Crippen LogP contribution in [0.1, 0.15) is 25.3 Å². The molecule has 2 aromatic rings. The molecule has 1 N–H and O–H groups in total. The highest BCUT2D eigenvalue weighted by Gasteiger charge is 2.46. The molecule has 3 rings (SSSR count). The van der Waals surface area contributed by atoms with Crippen LogP contribution in [0.15, 0.2) is 46.8 Å². The lowest BCUT2D eigenvalue weighted by molar-refractivity contribution is -0.0429. The van der Waals surface area contributed by atoms with Crippen molar-refractivity contribution in [2.75, 3.05) is 22.7 Å². The largest absolute Gasteiger partial charge is 0.516 e. The number of aryl methyl sites for hydroxylation is 1. The van der Waals surface area contributed by atoms with Crippen LogP contribution in [0.25, 0.3) is 0 Å². The molecular formula is C18H20F3N5O2S. The van der Waals surface area contributed by atoms with E-state index in [0.29, 0.717) is 18.7 Å².